The van der Waals surface area contributed by atoms with Crippen molar-refractivity contribution in [2.45, 2.75) is 45.1 Å². The Kier molecular flexibility index (Phi) is 5.62. The predicted molar refractivity (Wildman–Crippen MR) is 89.6 cm³/mol. The Hall–Kier alpha value is -1.10. The van der Waals surface area contributed by atoms with Gasteiger partial charge in [0.25, 0.3) is 5.91 Å². The monoisotopic (exact) mass is 353 g/mol. The maximum absolute atomic E-state index is 12.8. The summed E-state index contributed by atoms with van der Waals surface area (Å²) in [5.74, 6) is 1.52. The second kappa shape index (κ2) is 7.25. The molecule has 0 radical (unpaired) electrons. The highest BCUT2D eigenvalue weighted by Crippen LogP contribution is 2.30. The molecule has 1 amide bonds. The molecule has 0 unspecified atom stereocenters. The second-order valence-corrected chi connectivity index (χ2v) is 6.71. The number of aromatic nitrogens is 1. The molecular weight excluding hydrogens is 330 g/mol. The third-order valence-electron chi connectivity index (χ3n) is 4.58. The lowest BCUT2D eigenvalue weighted by molar-refractivity contribution is 0.0675. The van der Waals surface area contributed by atoms with Crippen LogP contribution in [0.25, 0.3) is 0 Å². The Morgan fingerprint density at radius 2 is 2.10 bits per heavy atom. The molecule has 0 spiro atoms. The number of hydrogen-bond donors (Lipinski definition) is 1. The molecule has 1 aliphatic carbocycles. The van der Waals surface area contributed by atoms with E-state index < -0.39 is 0 Å². The van der Waals surface area contributed by atoms with Gasteiger partial charge in [-0.2, -0.15) is 0 Å². The van der Waals surface area contributed by atoms with Crippen LogP contribution in [0.5, 0.6) is 0 Å². The Balaban J connectivity index is 2.11. The summed E-state index contributed by atoms with van der Waals surface area (Å²) in [5.41, 5.74) is 0.631. The first-order valence-corrected chi connectivity index (χ1v) is 8.46. The third-order valence-corrected chi connectivity index (χ3v) is 5.02. The van der Waals surface area contributed by atoms with Gasteiger partial charge in [0.1, 0.15) is 5.82 Å². The molecule has 1 aromatic rings. The van der Waals surface area contributed by atoms with Gasteiger partial charge in [-0.05, 0) is 53.6 Å². The van der Waals surface area contributed by atoms with Crippen LogP contribution in [0.3, 0.4) is 0 Å². The van der Waals surface area contributed by atoms with Gasteiger partial charge >= 0.3 is 0 Å². The quantitative estimate of drug-likeness (QED) is 0.891. The van der Waals surface area contributed by atoms with E-state index in [2.05, 4.69) is 33.2 Å². The summed E-state index contributed by atoms with van der Waals surface area (Å²) in [7, 11) is 3.71. The predicted octanol–water partition coefficient (Wildman–Crippen LogP) is 3.93. The number of pyridine rings is 1. The molecule has 4 nitrogen and oxygen atoms in total. The first-order chi connectivity index (χ1) is 10.1. The summed E-state index contributed by atoms with van der Waals surface area (Å²) in [6.07, 6.45) is 7.63. The molecule has 0 atom stereocenters. The summed E-state index contributed by atoms with van der Waals surface area (Å²) in [6, 6.07) is 2.19. The van der Waals surface area contributed by atoms with Crippen LogP contribution in [0.1, 0.15) is 49.4 Å². The number of nitrogens with zero attached hydrogens (tertiary/aromatic N) is 2. The van der Waals surface area contributed by atoms with E-state index in [1.165, 1.54) is 19.3 Å². The molecule has 5 heteroatoms. The smallest absolute Gasteiger partial charge is 0.257 e. The van der Waals surface area contributed by atoms with Crippen molar-refractivity contribution < 1.29 is 4.79 Å². The van der Waals surface area contributed by atoms with Crippen LogP contribution in [0.15, 0.2) is 16.7 Å². The fourth-order valence-corrected chi connectivity index (χ4v) is 3.43. The van der Waals surface area contributed by atoms with Crippen molar-refractivity contribution in [1.29, 1.82) is 0 Å². The van der Waals surface area contributed by atoms with E-state index in [1.54, 1.807) is 13.2 Å². The van der Waals surface area contributed by atoms with Crippen molar-refractivity contribution >= 4 is 27.7 Å². The molecule has 2 rings (SSSR count). The summed E-state index contributed by atoms with van der Waals surface area (Å²) >= 11 is 3.40. The summed E-state index contributed by atoms with van der Waals surface area (Å²) in [5, 5.41) is 3.00. The minimum atomic E-state index is 0.0492. The molecule has 0 aliphatic heterocycles. The minimum Gasteiger partial charge on any atom is -0.372 e. The normalized spacial score (nSPS) is 21.9. The van der Waals surface area contributed by atoms with Gasteiger partial charge in [0.05, 0.1) is 5.56 Å². The van der Waals surface area contributed by atoms with Crippen LogP contribution in [0.2, 0.25) is 0 Å². The van der Waals surface area contributed by atoms with Crippen molar-refractivity contribution in [3.05, 3.63) is 22.3 Å². The molecule has 1 N–H and O–H groups in total. The number of rotatable bonds is 4. The van der Waals surface area contributed by atoms with Gasteiger partial charge in [-0.3, -0.25) is 4.79 Å². The largest absolute Gasteiger partial charge is 0.372 e. The molecule has 1 heterocycles. The molecule has 1 fully saturated rings. The molecule has 0 aromatic carbocycles. The van der Waals surface area contributed by atoms with Crippen molar-refractivity contribution in [1.82, 2.24) is 9.88 Å². The first kappa shape index (κ1) is 16.3. The Bertz CT molecular complexity index is 498. The third kappa shape index (κ3) is 3.76. The van der Waals surface area contributed by atoms with Gasteiger partial charge in [0.15, 0.2) is 0 Å². The van der Waals surface area contributed by atoms with E-state index in [0.29, 0.717) is 17.4 Å². The summed E-state index contributed by atoms with van der Waals surface area (Å²) < 4.78 is 0.827. The SMILES string of the molecule is CCC1CCC(N(C)C(=O)c2cc(Br)cnc2NC)CC1. The number of nitrogens with one attached hydrogen (secondary N) is 1. The van der Waals surface area contributed by atoms with Crippen molar-refractivity contribution in [2.75, 3.05) is 19.4 Å². The van der Waals surface area contributed by atoms with E-state index in [4.69, 9.17) is 0 Å². The number of carbonyl (C=O) groups is 1. The van der Waals surface area contributed by atoms with Crippen LogP contribution in [0.4, 0.5) is 5.82 Å². The Morgan fingerprint density at radius 1 is 1.43 bits per heavy atom. The number of carbonyl (C=O) groups excluding carboxylic acids is 1. The topological polar surface area (TPSA) is 45.2 Å². The van der Waals surface area contributed by atoms with Gasteiger partial charge in [0, 0.05) is 30.8 Å². The van der Waals surface area contributed by atoms with E-state index in [9.17, 15) is 4.79 Å². The fourth-order valence-electron chi connectivity index (χ4n) is 3.10. The first-order valence-electron chi connectivity index (χ1n) is 7.67. The van der Waals surface area contributed by atoms with Crippen LogP contribution in [0, 0.1) is 5.92 Å². The number of anilines is 1. The number of amides is 1. The molecule has 0 bridgehead atoms. The zero-order valence-corrected chi connectivity index (χ0v) is 14.6. The lowest BCUT2D eigenvalue weighted by Gasteiger charge is -2.34. The van der Waals surface area contributed by atoms with Gasteiger partial charge in [-0.25, -0.2) is 4.98 Å². The van der Waals surface area contributed by atoms with E-state index in [1.807, 2.05) is 18.0 Å². The zero-order valence-electron chi connectivity index (χ0n) is 13.0. The van der Waals surface area contributed by atoms with Crippen molar-refractivity contribution in [3.63, 3.8) is 0 Å². The fraction of sp³-hybridized carbons (Fsp3) is 0.625. The Morgan fingerprint density at radius 3 is 2.67 bits per heavy atom. The van der Waals surface area contributed by atoms with Crippen molar-refractivity contribution in [3.8, 4) is 0 Å². The maximum Gasteiger partial charge on any atom is 0.257 e. The molecule has 1 saturated carbocycles. The zero-order chi connectivity index (χ0) is 15.4. The molecule has 1 aliphatic rings. The minimum absolute atomic E-state index is 0.0492. The second-order valence-electron chi connectivity index (χ2n) is 5.80. The molecule has 21 heavy (non-hydrogen) atoms. The summed E-state index contributed by atoms with van der Waals surface area (Å²) in [6.45, 7) is 2.26. The highest BCUT2D eigenvalue weighted by Gasteiger charge is 2.27. The van der Waals surface area contributed by atoms with Gasteiger partial charge in [-0.1, -0.05) is 13.3 Å². The number of halogens is 1. The molecule has 1 aromatic heterocycles. The van der Waals surface area contributed by atoms with E-state index >= 15 is 0 Å². The van der Waals surface area contributed by atoms with Crippen LogP contribution in [-0.2, 0) is 0 Å². The van der Waals surface area contributed by atoms with Crippen LogP contribution in [-0.4, -0.2) is 35.9 Å². The molecule has 0 saturated heterocycles. The average Bonchev–Trinajstić information content (AvgIpc) is 2.53. The lowest BCUT2D eigenvalue weighted by Crippen LogP contribution is -2.39. The Labute approximate surface area is 135 Å². The standard InChI is InChI=1S/C16H24BrN3O/c1-4-11-5-7-13(8-6-11)20(3)16(21)14-9-12(17)10-19-15(14)18-2/h9-11,13H,4-8H2,1-3H3,(H,18,19). The van der Waals surface area contributed by atoms with E-state index in [-0.39, 0.29) is 5.91 Å². The molecular formula is C16H24BrN3O. The molecule has 116 valence electrons. The average molecular weight is 354 g/mol. The summed E-state index contributed by atoms with van der Waals surface area (Å²) in [4.78, 5) is 18.9. The van der Waals surface area contributed by atoms with Crippen LogP contribution >= 0.6 is 15.9 Å². The lowest BCUT2D eigenvalue weighted by atomic mass is 9.84. The highest BCUT2D eigenvalue weighted by atomic mass is 79.9. The van der Waals surface area contributed by atoms with E-state index in [0.717, 1.165) is 23.2 Å². The van der Waals surface area contributed by atoms with Gasteiger partial charge in [-0.15, -0.1) is 0 Å². The maximum atomic E-state index is 12.8. The van der Waals surface area contributed by atoms with Crippen molar-refractivity contribution in [2.24, 2.45) is 5.92 Å². The van der Waals surface area contributed by atoms with Crippen LogP contribution < -0.4 is 5.32 Å². The van der Waals surface area contributed by atoms with Gasteiger partial charge < -0.3 is 10.2 Å². The number of hydrogen-bond acceptors (Lipinski definition) is 3. The van der Waals surface area contributed by atoms with Gasteiger partial charge in [0.2, 0.25) is 0 Å². The highest BCUT2D eigenvalue weighted by molar-refractivity contribution is 9.10.